The van der Waals surface area contributed by atoms with E-state index < -0.39 is 0 Å². The number of terminal acetylenes is 1. The number of nitrogens with two attached hydrogens (primary N) is 1. The van der Waals surface area contributed by atoms with E-state index in [0.29, 0.717) is 11.6 Å². The van der Waals surface area contributed by atoms with Gasteiger partial charge in [0.15, 0.2) is 0 Å². The Balaban J connectivity index is 3.02. The molecule has 0 radical (unpaired) electrons. The summed E-state index contributed by atoms with van der Waals surface area (Å²) in [7, 11) is 0. The molecule has 0 aromatic heterocycles. The fraction of sp³-hybridized carbons (Fsp3) is 0.385. The van der Waals surface area contributed by atoms with Crippen LogP contribution in [0.15, 0.2) is 18.2 Å². The van der Waals surface area contributed by atoms with Gasteiger partial charge in [-0.25, -0.2) is 0 Å². The van der Waals surface area contributed by atoms with Crippen LogP contribution in [0.25, 0.3) is 0 Å². The van der Waals surface area contributed by atoms with Crippen molar-refractivity contribution in [3.63, 3.8) is 0 Å². The van der Waals surface area contributed by atoms with Gasteiger partial charge in [0.1, 0.15) is 0 Å². The second-order valence-electron chi connectivity index (χ2n) is 3.72. The summed E-state index contributed by atoms with van der Waals surface area (Å²) in [6.45, 7) is 5.38. The smallest absolute Gasteiger partial charge is 0.0792 e. The van der Waals surface area contributed by atoms with Gasteiger partial charge < -0.3 is 10.6 Å². The number of hydrogen-bond acceptors (Lipinski definition) is 2. The first-order valence-electron chi connectivity index (χ1n) is 5.33. The van der Waals surface area contributed by atoms with Crippen molar-refractivity contribution in [2.24, 2.45) is 5.73 Å². The van der Waals surface area contributed by atoms with Crippen molar-refractivity contribution in [3.05, 3.63) is 28.8 Å². The molecule has 0 spiro atoms. The third-order valence-electron chi connectivity index (χ3n) is 2.50. The van der Waals surface area contributed by atoms with Crippen LogP contribution in [-0.4, -0.2) is 13.1 Å². The van der Waals surface area contributed by atoms with Crippen LogP contribution in [0.4, 0.5) is 5.69 Å². The molecule has 2 nitrogen and oxygen atoms in total. The van der Waals surface area contributed by atoms with Gasteiger partial charge >= 0.3 is 0 Å². The molecule has 86 valence electrons. The maximum atomic E-state index is 6.22. The third-order valence-corrected chi connectivity index (χ3v) is 2.80. The minimum absolute atomic E-state index is 0.00531. The lowest BCUT2D eigenvalue weighted by Crippen LogP contribution is -2.23. The second kappa shape index (κ2) is 5.79. The summed E-state index contributed by atoms with van der Waals surface area (Å²) in [6, 6.07) is 5.86. The van der Waals surface area contributed by atoms with Crippen LogP contribution in [0, 0.1) is 12.3 Å². The van der Waals surface area contributed by atoms with Gasteiger partial charge in [-0.3, -0.25) is 0 Å². The Bertz CT molecular complexity index is 393. The average Bonchev–Trinajstić information content (AvgIpc) is 2.26. The number of benzene rings is 1. The SMILES string of the molecule is C#CCN(CC)c1ccc([C@@H](C)N)cc1Cl. The topological polar surface area (TPSA) is 29.3 Å². The van der Waals surface area contributed by atoms with Crippen molar-refractivity contribution >= 4 is 17.3 Å². The van der Waals surface area contributed by atoms with E-state index in [1.165, 1.54) is 0 Å². The highest BCUT2D eigenvalue weighted by Gasteiger charge is 2.09. The van der Waals surface area contributed by atoms with Crippen LogP contribution < -0.4 is 10.6 Å². The molecule has 0 amide bonds. The fourth-order valence-corrected chi connectivity index (χ4v) is 1.85. The van der Waals surface area contributed by atoms with E-state index in [0.717, 1.165) is 17.8 Å². The van der Waals surface area contributed by atoms with E-state index in [1.54, 1.807) is 0 Å². The van der Waals surface area contributed by atoms with Gasteiger partial charge in [-0.05, 0) is 31.5 Å². The summed E-state index contributed by atoms with van der Waals surface area (Å²) in [5.74, 6) is 2.62. The number of rotatable bonds is 4. The monoisotopic (exact) mass is 236 g/mol. The summed E-state index contributed by atoms with van der Waals surface area (Å²) in [4.78, 5) is 2.05. The van der Waals surface area contributed by atoms with Crippen molar-refractivity contribution in [2.45, 2.75) is 19.9 Å². The Morgan fingerprint density at radius 3 is 2.69 bits per heavy atom. The van der Waals surface area contributed by atoms with Crippen molar-refractivity contribution in [3.8, 4) is 12.3 Å². The second-order valence-corrected chi connectivity index (χ2v) is 4.13. The average molecular weight is 237 g/mol. The van der Waals surface area contributed by atoms with Crippen molar-refractivity contribution in [1.82, 2.24) is 0 Å². The Morgan fingerprint density at radius 2 is 2.25 bits per heavy atom. The Labute approximate surface area is 102 Å². The fourth-order valence-electron chi connectivity index (χ4n) is 1.54. The highest BCUT2D eigenvalue weighted by atomic mass is 35.5. The largest absolute Gasteiger partial charge is 0.359 e. The van der Waals surface area contributed by atoms with Gasteiger partial charge in [-0.1, -0.05) is 23.6 Å². The number of anilines is 1. The van der Waals surface area contributed by atoms with Gasteiger partial charge in [0.25, 0.3) is 0 Å². The minimum Gasteiger partial charge on any atom is -0.359 e. The summed E-state index contributed by atoms with van der Waals surface area (Å²) < 4.78 is 0. The summed E-state index contributed by atoms with van der Waals surface area (Å²) in [6.07, 6.45) is 5.32. The molecule has 0 saturated carbocycles. The lowest BCUT2D eigenvalue weighted by Gasteiger charge is -2.22. The zero-order valence-electron chi connectivity index (χ0n) is 9.70. The van der Waals surface area contributed by atoms with E-state index in [9.17, 15) is 0 Å². The molecular weight excluding hydrogens is 220 g/mol. The van der Waals surface area contributed by atoms with Gasteiger partial charge in [0.2, 0.25) is 0 Å². The highest BCUT2D eigenvalue weighted by molar-refractivity contribution is 6.33. The lowest BCUT2D eigenvalue weighted by atomic mass is 10.1. The molecule has 3 heteroatoms. The molecule has 0 fully saturated rings. The van der Waals surface area contributed by atoms with E-state index in [1.807, 2.05) is 36.9 Å². The van der Waals surface area contributed by atoms with Crippen LogP contribution >= 0.6 is 11.6 Å². The Kier molecular flexibility index (Phi) is 4.67. The van der Waals surface area contributed by atoms with Gasteiger partial charge in [-0.15, -0.1) is 6.42 Å². The van der Waals surface area contributed by atoms with Crippen molar-refractivity contribution < 1.29 is 0 Å². The van der Waals surface area contributed by atoms with Gasteiger partial charge in [0, 0.05) is 12.6 Å². The minimum atomic E-state index is -0.00531. The quantitative estimate of drug-likeness (QED) is 0.815. The van der Waals surface area contributed by atoms with E-state index >= 15 is 0 Å². The van der Waals surface area contributed by atoms with Crippen LogP contribution in [0.1, 0.15) is 25.5 Å². The van der Waals surface area contributed by atoms with Crippen molar-refractivity contribution in [2.75, 3.05) is 18.0 Å². The summed E-state index contributed by atoms with van der Waals surface area (Å²) in [5.41, 5.74) is 7.79. The Morgan fingerprint density at radius 1 is 1.56 bits per heavy atom. The standard InChI is InChI=1S/C13H17ClN2/c1-4-8-16(5-2)13-7-6-11(10(3)15)9-12(13)14/h1,6-7,9-10H,5,8,15H2,2-3H3/t10-/m1/s1. The maximum Gasteiger partial charge on any atom is 0.0792 e. The lowest BCUT2D eigenvalue weighted by molar-refractivity contribution is 0.817. The zero-order valence-corrected chi connectivity index (χ0v) is 10.5. The zero-order chi connectivity index (χ0) is 12.1. The predicted molar refractivity (Wildman–Crippen MR) is 70.8 cm³/mol. The molecule has 1 aromatic rings. The molecule has 2 N–H and O–H groups in total. The van der Waals surface area contributed by atoms with Crippen LogP contribution in [0.5, 0.6) is 0 Å². The first-order chi connectivity index (χ1) is 7.60. The predicted octanol–water partition coefficient (Wildman–Crippen LogP) is 2.82. The van der Waals surface area contributed by atoms with E-state index in [2.05, 4.69) is 5.92 Å². The molecule has 0 saturated heterocycles. The number of nitrogens with zero attached hydrogens (tertiary/aromatic N) is 1. The molecular formula is C13H17ClN2. The summed E-state index contributed by atoms with van der Waals surface area (Å²) >= 11 is 6.22. The molecule has 0 aliphatic carbocycles. The molecule has 0 aliphatic heterocycles. The molecule has 1 aromatic carbocycles. The molecule has 0 aliphatic rings. The van der Waals surface area contributed by atoms with Crippen molar-refractivity contribution in [1.29, 1.82) is 0 Å². The summed E-state index contributed by atoms with van der Waals surface area (Å²) in [5, 5.41) is 0.701. The molecule has 0 unspecified atom stereocenters. The normalized spacial score (nSPS) is 11.9. The van der Waals surface area contributed by atoms with E-state index in [4.69, 9.17) is 23.8 Å². The molecule has 1 rings (SSSR count). The van der Waals surface area contributed by atoms with Gasteiger partial charge in [0.05, 0.1) is 17.3 Å². The van der Waals surface area contributed by atoms with Gasteiger partial charge in [-0.2, -0.15) is 0 Å². The number of hydrogen-bond donors (Lipinski definition) is 1. The highest BCUT2D eigenvalue weighted by Crippen LogP contribution is 2.28. The van der Waals surface area contributed by atoms with Crippen LogP contribution in [-0.2, 0) is 0 Å². The number of halogens is 1. The molecule has 16 heavy (non-hydrogen) atoms. The third kappa shape index (κ3) is 2.91. The molecule has 0 heterocycles. The Hall–Kier alpha value is -1.17. The maximum absolute atomic E-state index is 6.22. The van der Waals surface area contributed by atoms with Crippen LogP contribution in [0.3, 0.4) is 0 Å². The van der Waals surface area contributed by atoms with Crippen LogP contribution in [0.2, 0.25) is 5.02 Å². The molecule has 0 bridgehead atoms. The molecule has 1 atom stereocenters. The van der Waals surface area contributed by atoms with E-state index in [-0.39, 0.29) is 6.04 Å². The first-order valence-corrected chi connectivity index (χ1v) is 5.71. The first kappa shape index (κ1) is 12.9.